The van der Waals surface area contributed by atoms with E-state index in [9.17, 15) is 39.0 Å². The van der Waals surface area contributed by atoms with Crippen LogP contribution in [0.1, 0.15) is 85.6 Å². The fourth-order valence-electron chi connectivity index (χ4n) is 6.19. The summed E-state index contributed by atoms with van der Waals surface area (Å²) < 4.78 is 0. The minimum Gasteiger partial charge on any atom is -0.508 e. The summed E-state index contributed by atoms with van der Waals surface area (Å²) in [5.41, 5.74) is 12.0. The van der Waals surface area contributed by atoms with Gasteiger partial charge < -0.3 is 53.2 Å². The van der Waals surface area contributed by atoms with E-state index >= 15 is 0 Å². The zero-order chi connectivity index (χ0) is 40.7. The Morgan fingerprint density at radius 1 is 0.907 bits per heavy atom. The first-order chi connectivity index (χ1) is 25.4. The van der Waals surface area contributed by atoms with Crippen molar-refractivity contribution in [2.45, 2.75) is 123 Å². The van der Waals surface area contributed by atoms with Crippen molar-refractivity contribution in [2.24, 2.45) is 29.2 Å². The maximum absolute atomic E-state index is 14.0. The molecule has 1 fully saturated rings. The van der Waals surface area contributed by atoms with Crippen LogP contribution in [0.4, 0.5) is 0 Å². The van der Waals surface area contributed by atoms with Crippen LogP contribution < -0.4 is 38.1 Å². The highest BCUT2D eigenvalue weighted by Gasteiger charge is 2.41. The van der Waals surface area contributed by atoms with Gasteiger partial charge in [-0.3, -0.25) is 29.4 Å². The number of nitrogens with one attached hydrogen (secondary N) is 6. The summed E-state index contributed by atoms with van der Waals surface area (Å²) in [4.78, 5) is 81.5. The summed E-state index contributed by atoms with van der Waals surface area (Å²) >= 11 is 0. The third-order valence-electron chi connectivity index (χ3n) is 9.54. The Hall–Kier alpha value is -4.93. The molecule has 0 aliphatic carbocycles. The van der Waals surface area contributed by atoms with Crippen molar-refractivity contribution in [1.82, 2.24) is 31.5 Å². The molecule has 2 rings (SSSR count). The van der Waals surface area contributed by atoms with Crippen LogP contribution in [-0.2, 0) is 35.2 Å². The van der Waals surface area contributed by atoms with Crippen LogP contribution in [0.5, 0.6) is 5.75 Å². The van der Waals surface area contributed by atoms with Gasteiger partial charge in [-0.1, -0.05) is 60.1 Å². The van der Waals surface area contributed by atoms with Gasteiger partial charge in [-0.15, -0.1) is 0 Å². The maximum atomic E-state index is 14.0. The lowest BCUT2D eigenvalue weighted by Gasteiger charge is -2.33. The average molecular weight is 760 g/mol. The normalized spacial score (nSPS) is 17.4. The van der Waals surface area contributed by atoms with Crippen LogP contribution in [0.15, 0.2) is 24.3 Å². The van der Waals surface area contributed by atoms with Crippen LogP contribution in [0, 0.1) is 23.2 Å². The lowest BCUT2D eigenvalue weighted by molar-refractivity contribution is -0.145. The number of hydrogen-bond acceptors (Lipinski definition) is 9. The van der Waals surface area contributed by atoms with Crippen LogP contribution in [0.25, 0.3) is 0 Å². The SMILES string of the molecule is CC[C@H](C)[C@H](NC(=O)[C@H](Cc1ccc(O)cc1)NC(=O)[C@@H](N)CCCNC(=N)N)C(=O)N[C@H](C(=O)N1CCC[C@H]1C(=O)N[C@@H](CC(C)C)C(=O)O)C(C)C. The molecule has 1 aliphatic rings. The predicted molar refractivity (Wildman–Crippen MR) is 203 cm³/mol. The Labute approximate surface area is 317 Å². The van der Waals surface area contributed by atoms with Gasteiger partial charge in [0, 0.05) is 19.5 Å². The third-order valence-corrected chi connectivity index (χ3v) is 9.54. The second-order valence-corrected chi connectivity index (χ2v) is 14.8. The number of carboxylic acids is 1. The summed E-state index contributed by atoms with van der Waals surface area (Å²) in [6.45, 7) is 11.4. The van der Waals surface area contributed by atoms with Crippen molar-refractivity contribution in [3.63, 3.8) is 0 Å². The van der Waals surface area contributed by atoms with E-state index in [0.717, 1.165) is 0 Å². The fraction of sp³-hybridized carbons (Fsp3) is 0.649. The molecule has 0 saturated carbocycles. The molecule has 17 nitrogen and oxygen atoms in total. The number of guanidine groups is 1. The highest BCUT2D eigenvalue weighted by atomic mass is 16.4. The number of amides is 5. The molecule has 0 radical (unpaired) electrons. The van der Waals surface area contributed by atoms with Gasteiger partial charge in [0.2, 0.25) is 29.5 Å². The second-order valence-electron chi connectivity index (χ2n) is 14.8. The Morgan fingerprint density at radius 2 is 1.54 bits per heavy atom. The molecular formula is C37H61N9O8. The van der Waals surface area contributed by atoms with Crippen molar-refractivity contribution in [2.75, 3.05) is 13.1 Å². The molecule has 1 aliphatic heterocycles. The Morgan fingerprint density at radius 3 is 2.09 bits per heavy atom. The first-order valence-corrected chi connectivity index (χ1v) is 18.7. The van der Waals surface area contributed by atoms with Gasteiger partial charge in [0.15, 0.2) is 5.96 Å². The van der Waals surface area contributed by atoms with E-state index in [0.29, 0.717) is 37.8 Å². The summed E-state index contributed by atoms with van der Waals surface area (Å²) in [7, 11) is 0. The minimum absolute atomic E-state index is 0.0104. The molecule has 302 valence electrons. The number of aliphatic carboxylic acids is 1. The minimum atomic E-state index is -1.17. The van der Waals surface area contributed by atoms with Crippen molar-refractivity contribution in [3.05, 3.63) is 29.8 Å². The van der Waals surface area contributed by atoms with Gasteiger partial charge >= 0.3 is 5.97 Å². The monoisotopic (exact) mass is 759 g/mol. The van der Waals surface area contributed by atoms with Gasteiger partial charge in [0.25, 0.3) is 0 Å². The molecule has 1 heterocycles. The topological polar surface area (TPSA) is 282 Å². The highest BCUT2D eigenvalue weighted by molar-refractivity contribution is 5.97. The summed E-state index contributed by atoms with van der Waals surface area (Å²) in [6.07, 6.45) is 2.23. The summed E-state index contributed by atoms with van der Waals surface area (Å²) in [5, 5.41) is 40.2. The number of nitrogens with two attached hydrogens (primary N) is 2. The van der Waals surface area contributed by atoms with Crippen LogP contribution in [0.2, 0.25) is 0 Å². The van der Waals surface area contributed by atoms with E-state index in [4.69, 9.17) is 16.9 Å². The third kappa shape index (κ3) is 14.1. The van der Waals surface area contributed by atoms with Crippen molar-refractivity contribution >= 4 is 41.5 Å². The molecule has 7 atom stereocenters. The number of hydrogen-bond donors (Lipinski definition) is 10. The quantitative estimate of drug-likeness (QED) is 0.0462. The number of carbonyl (C=O) groups is 6. The van der Waals surface area contributed by atoms with Crippen molar-refractivity contribution in [1.29, 1.82) is 5.41 Å². The molecule has 5 amide bonds. The van der Waals surface area contributed by atoms with Gasteiger partial charge in [0.05, 0.1) is 6.04 Å². The summed E-state index contributed by atoms with van der Waals surface area (Å²) in [6, 6.07) is -0.251. The Bertz CT molecular complexity index is 1460. The molecule has 0 unspecified atom stereocenters. The number of benzene rings is 1. The second kappa shape index (κ2) is 21.7. The van der Waals surface area contributed by atoms with E-state index in [1.54, 1.807) is 32.9 Å². The smallest absolute Gasteiger partial charge is 0.326 e. The van der Waals surface area contributed by atoms with Crippen LogP contribution >= 0.6 is 0 Å². The molecule has 0 spiro atoms. The molecular weight excluding hydrogens is 698 g/mol. The lowest BCUT2D eigenvalue weighted by atomic mass is 9.95. The number of aromatic hydroxyl groups is 1. The molecule has 0 aromatic heterocycles. The molecule has 54 heavy (non-hydrogen) atoms. The lowest BCUT2D eigenvalue weighted by Crippen LogP contribution is -2.61. The van der Waals surface area contributed by atoms with E-state index in [2.05, 4.69) is 26.6 Å². The van der Waals surface area contributed by atoms with Crippen molar-refractivity contribution < 1.29 is 39.0 Å². The van der Waals surface area contributed by atoms with E-state index in [-0.39, 0.29) is 43.4 Å². The molecule has 1 aromatic rings. The number of likely N-dealkylation sites (tertiary alicyclic amines) is 1. The summed E-state index contributed by atoms with van der Waals surface area (Å²) in [5.74, 6) is -5.12. The predicted octanol–water partition coefficient (Wildman–Crippen LogP) is 0.288. The number of carbonyl (C=O) groups excluding carboxylic acids is 5. The van der Waals surface area contributed by atoms with Gasteiger partial charge in [0.1, 0.15) is 36.0 Å². The molecule has 1 saturated heterocycles. The van der Waals surface area contributed by atoms with Crippen molar-refractivity contribution in [3.8, 4) is 5.75 Å². The zero-order valence-corrected chi connectivity index (χ0v) is 32.3. The van der Waals surface area contributed by atoms with E-state index < -0.39 is 83.6 Å². The first kappa shape index (κ1) is 45.2. The van der Waals surface area contributed by atoms with E-state index in [1.807, 2.05) is 20.8 Å². The fourth-order valence-corrected chi connectivity index (χ4v) is 6.19. The number of nitrogens with zero attached hydrogens (tertiary/aromatic N) is 1. The number of phenols is 1. The Kier molecular flexibility index (Phi) is 18.2. The van der Waals surface area contributed by atoms with Gasteiger partial charge in [-0.25, -0.2) is 4.79 Å². The molecule has 1 aromatic carbocycles. The van der Waals surface area contributed by atoms with Crippen LogP contribution in [0.3, 0.4) is 0 Å². The molecule has 17 heteroatoms. The maximum Gasteiger partial charge on any atom is 0.326 e. The molecule has 0 bridgehead atoms. The van der Waals surface area contributed by atoms with E-state index in [1.165, 1.54) is 17.0 Å². The number of rotatable bonds is 21. The zero-order valence-electron chi connectivity index (χ0n) is 32.3. The number of carboxylic acid groups (broad SMARTS) is 1. The Balaban J connectivity index is 2.27. The van der Waals surface area contributed by atoms with Crippen LogP contribution in [-0.4, -0.2) is 106 Å². The highest BCUT2D eigenvalue weighted by Crippen LogP contribution is 2.22. The van der Waals surface area contributed by atoms with Gasteiger partial charge in [-0.05, 0) is 67.6 Å². The standard InChI is InChI=1S/C37H61N9O8/c1-7-22(6)30(45-32(49)26(19-23-12-14-24(47)15-13-23)42-31(48)25(38)10-8-16-41-37(39)40)34(51)44-29(21(4)5)35(52)46-17-9-11-28(46)33(50)43-27(36(53)54)18-20(2)3/h12-15,20-22,25-30,47H,7-11,16-19,38H2,1-6H3,(H,42,48)(H,43,50)(H,44,51)(H,45,49)(H,53,54)(H4,39,40,41)/t22-,25-,26-,27-,28-,29-,30-/m0/s1. The largest absolute Gasteiger partial charge is 0.508 e. The van der Waals surface area contributed by atoms with Gasteiger partial charge in [-0.2, -0.15) is 0 Å². The first-order valence-electron chi connectivity index (χ1n) is 18.7. The number of phenolic OH excluding ortho intramolecular Hbond substituents is 1. The molecule has 12 N–H and O–H groups in total. The average Bonchev–Trinajstić information content (AvgIpc) is 3.60.